The normalized spacial score (nSPS) is 15.9. The first-order valence-electron chi connectivity index (χ1n) is 6.24. The average molecular weight is 232 g/mol. The summed E-state index contributed by atoms with van der Waals surface area (Å²) < 4.78 is 0. The topological polar surface area (TPSA) is 36.4 Å². The van der Waals surface area contributed by atoms with E-state index in [4.69, 9.17) is 0 Å². The standard InChI is InChI=1S/C14H20N2O/c1-3-13-8-12(10-17)9-14(15-13)16-6-4-11(2)5-7-16/h4,8-9,17H,3,5-7,10H2,1-2H3. The molecule has 0 unspecified atom stereocenters. The molecule has 0 aliphatic carbocycles. The van der Waals surface area contributed by atoms with Gasteiger partial charge in [-0.05, 0) is 37.5 Å². The number of pyridine rings is 1. The van der Waals surface area contributed by atoms with Gasteiger partial charge in [-0.3, -0.25) is 0 Å². The molecule has 3 heteroatoms. The molecule has 17 heavy (non-hydrogen) atoms. The maximum atomic E-state index is 9.26. The molecule has 1 aromatic heterocycles. The van der Waals surface area contributed by atoms with Crippen molar-refractivity contribution in [3.05, 3.63) is 35.0 Å². The number of aromatic nitrogens is 1. The predicted molar refractivity (Wildman–Crippen MR) is 70.1 cm³/mol. The SMILES string of the molecule is CCc1cc(CO)cc(N2CC=C(C)CC2)n1. The third-order valence-electron chi connectivity index (χ3n) is 3.23. The fourth-order valence-electron chi connectivity index (χ4n) is 2.05. The third-order valence-corrected chi connectivity index (χ3v) is 3.23. The lowest BCUT2D eigenvalue weighted by atomic mass is 10.1. The number of aliphatic hydroxyl groups excluding tert-OH is 1. The van der Waals surface area contributed by atoms with E-state index >= 15 is 0 Å². The molecule has 0 spiro atoms. The third kappa shape index (κ3) is 2.86. The smallest absolute Gasteiger partial charge is 0.129 e. The van der Waals surface area contributed by atoms with Crippen molar-refractivity contribution < 1.29 is 5.11 Å². The number of hydrogen-bond donors (Lipinski definition) is 1. The van der Waals surface area contributed by atoms with Crippen molar-refractivity contribution >= 4 is 5.82 Å². The molecule has 2 heterocycles. The first kappa shape index (κ1) is 12.1. The maximum Gasteiger partial charge on any atom is 0.129 e. The van der Waals surface area contributed by atoms with E-state index in [1.54, 1.807) is 0 Å². The van der Waals surface area contributed by atoms with Gasteiger partial charge in [0.25, 0.3) is 0 Å². The van der Waals surface area contributed by atoms with Crippen LogP contribution in [0.25, 0.3) is 0 Å². The average Bonchev–Trinajstić information content (AvgIpc) is 2.39. The van der Waals surface area contributed by atoms with Crippen LogP contribution >= 0.6 is 0 Å². The monoisotopic (exact) mass is 232 g/mol. The van der Waals surface area contributed by atoms with E-state index in [1.807, 2.05) is 12.1 Å². The Morgan fingerprint density at radius 2 is 2.24 bits per heavy atom. The summed E-state index contributed by atoms with van der Waals surface area (Å²) in [6.07, 6.45) is 4.26. The van der Waals surface area contributed by atoms with Crippen molar-refractivity contribution in [2.45, 2.75) is 33.3 Å². The maximum absolute atomic E-state index is 9.26. The molecule has 0 saturated carbocycles. The number of hydrogen-bond acceptors (Lipinski definition) is 3. The molecule has 0 saturated heterocycles. The Labute approximate surface area is 103 Å². The molecular weight excluding hydrogens is 212 g/mol. The molecule has 1 N–H and O–H groups in total. The summed E-state index contributed by atoms with van der Waals surface area (Å²) in [5.41, 5.74) is 3.46. The van der Waals surface area contributed by atoms with Crippen LogP contribution in [0.4, 0.5) is 5.82 Å². The minimum absolute atomic E-state index is 0.0885. The van der Waals surface area contributed by atoms with E-state index in [2.05, 4.69) is 29.8 Å². The zero-order valence-corrected chi connectivity index (χ0v) is 10.6. The fourth-order valence-corrected chi connectivity index (χ4v) is 2.05. The minimum Gasteiger partial charge on any atom is -0.392 e. The van der Waals surface area contributed by atoms with Gasteiger partial charge in [0.1, 0.15) is 5.82 Å². The molecule has 0 aromatic carbocycles. The van der Waals surface area contributed by atoms with Crippen LogP contribution in [0.1, 0.15) is 31.5 Å². The highest BCUT2D eigenvalue weighted by molar-refractivity contribution is 5.44. The van der Waals surface area contributed by atoms with Crippen molar-refractivity contribution in [3.63, 3.8) is 0 Å². The summed E-state index contributed by atoms with van der Waals surface area (Å²) in [6.45, 7) is 6.30. The summed E-state index contributed by atoms with van der Waals surface area (Å²) >= 11 is 0. The second-order valence-corrected chi connectivity index (χ2v) is 4.58. The van der Waals surface area contributed by atoms with Gasteiger partial charge < -0.3 is 10.0 Å². The number of aliphatic hydroxyl groups is 1. The van der Waals surface area contributed by atoms with Crippen LogP contribution in [-0.4, -0.2) is 23.2 Å². The Morgan fingerprint density at radius 1 is 1.41 bits per heavy atom. The molecule has 0 atom stereocenters. The molecule has 1 aromatic rings. The van der Waals surface area contributed by atoms with Gasteiger partial charge in [-0.2, -0.15) is 0 Å². The van der Waals surface area contributed by atoms with E-state index in [1.165, 1.54) is 5.57 Å². The second kappa shape index (κ2) is 5.32. The van der Waals surface area contributed by atoms with Crippen molar-refractivity contribution in [3.8, 4) is 0 Å². The Balaban J connectivity index is 2.25. The van der Waals surface area contributed by atoms with Gasteiger partial charge in [0, 0.05) is 18.8 Å². The summed E-state index contributed by atoms with van der Waals surface area (Å²) in [5.74, 6) is 0.997. The first-order valence-corrected chi connectivity index (χ1v) is 6.24. The minimum atomic E-state index is 0.0885. The molecule has 1 aliphatic heterocycles. The second-order valence-electron chi connectivity index (χ2n) is 4.58. The fraction of sp³-hybridized carbons (Fsp3) is 0.500. The lowest BCUT2D eigenvalue weighted by Gasteiger charge is -2.27. The van der Waals surface area contributed by atoms with Crippen molar-refractivity contribution in [1.29, 1.82) is 0 Å². The molecule has 2 rings (SSSR count). The number of rotatable bonds is 3. The summed E-state index contributed by atoms with van der Waals surface area (Å²) in [4.78, 5) is 6.90. The van der Waals surface area contributed by atoms with Crippen LogP contribution in [-0.2, 0) is 13.0 Å². The number of anilines is 1. The highest BCUT2D eigenvalue weighted by atomic mass is 16.3. The lowest BCUT2D eigenvalue weighted by molar-refractivity contribution is 0.281. The number of aryl methyl sites for hydroxylation is 1. The zero-order valence-electron chi connectivity index (χ0n) is 10.6. The van der Waals surface area contributed by atoms with E-state index in [-0.39, 0.29) is 6.61 Å². The predicted octanol–water partition coefficient (Wildman–Crippen LogP) is 2.29. The van der Waals surface area contributed by atoms with E-state index in [0.29, 0.717) is 0 Å². The quantitative estimate of drug-likeness (QED) is 0.812. The molecule has 0 fully saturated rings. The van der Waals surface area contributed by atoms with Crippen molar-refractivity contribution in [2.24, 2.45) is 0 Å². The van der Waals surface area contributed by atoms with Crippen LogP contribution < -0.4 is 4.90 Å². The molecule has 1 aliphatic rings. The number of nitrogens with zero attached hydrogens (tertiary/aromatic N) is 2. The van der Waals surface area contributed by atoms with Gasteiger partial charge in [-0.15, -0.1) is 0 Å². The summed E-state index contributed by atoms with van der Waals surface area (Å²) in [6, 6.07) is 3.97. The highest BCUT2D eigenvalue weighted by Crippen LogP contribution is 2.20. The molecule has 0 bridgehead atoms. The van der Waals surface area contributed by atoms with Crippen LogP contribution in [0.15, 0.2) is 23.8 Å². The Bertz CT molecular complexity index is 404. The summed E-state index contributed by atoms with van der Waals surface area (Å²) in [7, 11) is 0. The first-order chi connectivity index (χ1) is 8.22. The molecule has 0 radical (unpaired) electrons. The zero-order chi connectivity index (χ0) is 12.3. The van der Waals surface area contributed by atoms with Crippen LogP contribution in [0.2, 0.25) is 0 Å². The highest BCUT2D eigenvalue weighted by Gasteiger charge is 2.12. The van der Waals surface area contributed by atoms with E-state index < -0.39 is 0 Å². The Morgan fingerprint density at radius 3 is 2.82 bits per heavy atom. The van der Waals surface area contributed by atoms with E-state index in [9.17, 15) is 5.11 Å². The summed E-state index contributed by atoms with van der Waals surface area (Å²) in [5, 5.41) is 9.26. The Kier molecular flexibility index (Phi) is 3.79. The van der Waals surface area contributed by atoms with Crippen LogP contribution in [0.5, 0.6) is 0 Å². The largest absolute Gasteiger partial charge is 0.392 e. The van der Waals surface area contributed by atoms with Gasteiger partial charge in [0.15, 0.2) is 0 Å². The van der Waals surface area contributed by atoms with E-state index in [0.717, 1.165) is 43.0 Å². The van der Waals surface area contributed by atoms with Gasteiger partial charge in [0.2, 0.25) is 0 Å². The Hall–Kier alpha value is -1.35. The molecule has 0 amide bonds. The van der Waals surface area contributed by atoms with Gasteiger partial charge >= 0.3 is 0 Å². The molecular formula is C14H20N2O. The lowest BCUT2D eigenvalue weighted by Crippen LogP contribution is -2.29. The van der Waals surface area contributed by atoms with Gasteiger partial charge in [-0.1, -0.05) is 18.6 Å². The van der Waals surface area contributed by atoms with Gasteiger partial charge in [-0.25, -0.2) is 4.98 Å². The van der Waals surface area contributed by atoms with Crippen molar-refractivity contribution in [2.75, 3.05) is 18.0 Å². The van der Waals surface area contributed by atoms with Crippen molar-refractivity contribution in [1.82, 2.24) is 4.98 Å². The molecule has 92 valence electrons. The van der Waals surface area contributed by atoms with Crippen LogP contribution in [0, 0.1) is 0 Å². The molecule has 3 nitrogen and oxygen atoms in total. The van der Waals surface area contributed by atoms with Crippen LogP contribution in [0.3, 0.4) is 0 Å². The van der Waals surface area contributed by atoms with Gasteiger partial charge in [0.05, 0.1) is 6.61 Å².